The van der Waals surface area contributed by atoms with E-state index in [1.807, 2.05) is 30.3 Å². The number of anilines is 1. The van der Waals surface area contributed by atoms with E-state index in [1.165, 1.54) is 36.2 Å². The Morgan fingerprint density at radius 3 is 2.46 bits per heavy atom. The first-order valence-electron chi connectivity index (χ1n) is 9.94. The molecule has 2 rings (SSSR count). The van der Waals surface area contributed by atoms with Crippen molar-refractivity contribution < 1.29 is 19.4 Å². The number of ether oxygens (including phenoxy) is 1. The molecule has 0 saturated carbocycles. The highest BCUT2D eigenvalue weighted by molar-refractivity contribution is 7.16. The summed E-state index contributed by atoms with van der Waals surface area (Å²) in [4.78, 5) is 24.4. The molecular weight excluding hydrogens is 374 g/mol. The molecular formula is C22H29NO4S. The maximum absolute atomic E-state index is 12.0. The Balaban J connectivity index is 1.81. The molecule has 1 amide bonds. The van der Waals surface area contributed by atoms with Crippen molar-refractivity contribution >= 4 is 28.4 Å². The molecule has 6 heteroatoms. The summed E-state index contributed by atoms with van der Waals surface area (Å²) >= 11 is 1.30. The molecule has 152 valence electrons. The Labute approximate surface area is 170 Å². The van der Waals surface area contributed by atoms with Crippen LogP contribution in [0.1, 0.15) is 66.2 Å². The number of hydrogen-bond acceptors (Lipinski definition) is 4. The van der Waals surface area contributed by atoms with Crippen molar-refractivity contribution in [1.82, 2.24) is 0 Å². The minimum absolute atomic E-state index is 0.115. The van der Waals surface area contributed by atoms with E-state index in [4.69, 9.17) is 4.74 Å². The summed E-state index contributed by atoms with van der Waals surface area (Å²) < 4.78 is 5.19. The number of carboxylic acids is 1. The van der Waals surface area contributed by atoms with Gasteiger partial charge < -0.3 is 9.84 Å². The van der Waals surface area contributed by atoms with Gasteiger partial charge in [-0.3, -0.25) is 5.32 Å². The molecule has 5 nitrogen and oxygen atoms in total. The fourth-order valence-corrected chi connectivity index (χ4v) is 3.94. The second-order valence-corrected chi connectivity index (χ2v) is 7.91. The van der Waals surface area contributed by atoms with Crippen LogP contribution in [0.3, 0.4) is 0 Å². The number of aryl methyl sites for hydroxylation is 2. The van der Waals surface area contributed by atoms with Crippen LogP contribution in [-0.4, -0.2) is 23.8 Å². The predicted octanol–water partition coefficient (Wildman–Crippen LogP) is 6.14. The highest BCUT2D eigenvalue weighted by atomic mass is 32.1. The van der Waals surface area contributed by atoms with Gasteiger partial charge in [0.1, 0.15) is 5.00 Å². The van der Waals surface area contributed by atoms with Gasteiger partial charge in [-0.25, -0.2) is 9.59 Å². The predicted molar refractivity (Wildman–Crippen MR) is 113 cm³/mol. The van der Waals surface area contributed by atoms with Crippen molar-refractivity contribution in [2.45, 2.75) is 58.3 Å². The number of carbonyl (C=O) groups excluding carboxylic acids is 1. The van der Waals surface area contributed by atoms with E-state index in [-0.39, 0.29) is 5.56 Å². The Hall–Kier alpha value is -2.34. The number of carboxylic acid groups (broad SMARTS) is 1. The first kappa shape index (κ1) is 22.0. The van der Waals surface area contributed by atoms with Gasteiger partial charge in [-0.15, -0.1) is 11.3 Å². The van der Waals surface area contributed by atoms with Crippen LogP contribution < -0.4 is 5.32 Å². The average Bonchev–Trinajstić information content (AvgIpc) is 3.09. The molecule has 0 unspecified atom stereocenters. The van der Waals surface area contributed by atoms with Crippen LogP contribution in [-0.2, 0) is 17.6 Å². The molecule has 28 heavy (non-hydrogen) atoms. The normalized spacial score (nSPS) is 10.6. The van der Waals surface area contributed by atoms with Crippen molar-refractivity contribution in [3.8, 4) is 0 Å². The summed E-state index contributed by atoms with van der Waals surface area (Å²) in [6.45, 7) is 2.53. The van der Waals surface area contributed by atoms with Gasteiger partial charge in [-0.05, 0) is 30.9 Å². The molecule has 2 N–H and O–H groups in total. The molecule has 0 fully saturated rings. The second kappa shape index (κ2) is 12.2. The fraction of sp³-hybridized carbons (Fsp3) is 0.455. The molecule has 0 aliphatic carbocycles. The summed E-state index contributed by atoms with van der Waals surface area (Å²) in [5, 5.41) is 12.3. The number of thiophene rings is 1. The zero-order valence-electron chi connectivity index (χ0n) is 16.4. The van der Waals surface area contributed by atoms with E-state index in [2.05, 4.69) is 12.2 Å². The minimum atomic E-state index is -1.05. The Morgan fingerprint density at radius 2 is 1.75 bits per heavy atom. The van der Waals surface area contributed by atoms with E-state index in [0.29, 0.717) is 11.6 Å². The largest absolute Gasteiger partial charge is 0.478 e. The van der Waals surface area contributed by atoms with E-state index < -0.39 is 12.1 Å². The molecule has 1 aromatic heterocycles. The maximum Gasteiger partial charge on any atom is 0.412 e. The highest BCUT2D eigenvalue weighted by Crippen LogP contribution is 2.29. The van der Waals surface area contributed by atoms with Gasteiger partial charge in [0.2, 0.25) is 0 Å². The monoisotopic (exact) mass is 403 g/mol. The Kier molecular flexibility index (Phi) is 9.55. The van der Waals surface area contributed by atoms with E-state index in [9.17, 15) is 14.7 Å². The molecule has 0 aliphatic heterocycles. The third-order valence-corrected chi connectivity index (χ3v) is 5.57. The first-order chi connectivity index (χ1) is 13.6. The molecule has 0 saturated heterocycles. The topological polar surface area (TPSA) is 75.6 Å². The molecule has 0 aliphatic rings. The van der Waals surface area contributed by atoms with Crippen molar-refractivity contribution in [2.75, 3.05) is 11.9 Å². The first-order valence-corrected chi connectivity index (χ1v) is 10.8. The van der Waals surface area contributed by atoms with Crippen LogP contribution in [0.25, 0.3) is 0 Å². The number of rotatable bonds is 12. The van der Waals surface area contributed by atoms with Gasteiger partial charge in [-0.1, -0.05) is 69.4 Å². The number of carbonyl (C=O) groups is 2. The van der Waals surface area contributed by atoms with Crippen LogP contribution in [0, 0.1) is 0 Å². The number of nitrogens with one attached hydrogen (secondary N) is 1. The zero-order chi connectivity index (χ0) is 20.2. The number of hydrogen-bond donors (Lipinski definition) is 2. The Morgan fingerprint density at radius 1 is 1.04 bits per heavy atom. The highest BCUT2D eigenvalue weighted by Gasteiger charge is 2.17. The van der Waals surface area contributed by atoms with Gasteiger partial charge in [0, 0.05) is 4.88 Å². The standard InChI is InChI=1S/C22H29NO4S/c1-2-3-4-5-6-10-15-27-22(26)23-20-19(21(24)25)16-18(28-20)14-13-17-11-8-7-9-12-17/h7-9,11-12,16H,2-6,10,13-15H2,1H3,(H,23,26)(H,24,25). The fourth-order valence-electron chi connectivity index (χ4n) is 2.91. The van der Waals surface area contributed by atoms with Gasteiger partial charge >= 0.3 is 12.1 Å². The minimum Gasteiger partial charge on any atom is -0.478 e. The lowest BCUT2D eigenvalue weighted by molar-refractivity contribution is 0.0698. The number of unbranched alkanes of at least 4 members (excludes halogenated alkanes) is 5. The number of benzene rings is 1. The van der Waals surface area contributed by atoms with Crippen LogP contribution in [0.4, 0.5) is 9.80 Å². The quantitative estimate of drug-likeness (QED) is 0.417. The third kappa shape index (κ3) is 7.72. The zero-order valence-corrected chi connectivity index (χ0v) is 17.2. The summed E-state index contributed by atoms with van der Waals surface area (Å²) in [5.41, 5.74) is 1.31. The molecule has 0 bridgehead atoms. The van der Waals surface area contributed by atoms with Crippen LogP contribution >= 0.6 is 11.3 Å². The van der Waals surface area contributed by atoms with Gasteiger partial charge in [0.25, 0.3) is 0 Å². The van der Waals surface area contributed by atoms with Crippen molar-refractivity contribution in [1.29, 1.82) is 0 Å². The molecule has 0 atom stereocenters. The summed E-state index contributed by atoms with van der Waals surface area (Å²) in [6.07, 6.45) is 7.64. The molecule has 2 aromatic rings. The van der Waals surface area contributed by atoms with E-state index >= 15 is 0 Å². The second-order valence-electron chi connectivity index (χ2n) is 6.77. The average molecular weight is 404 g/mol. The maximum atomic E-state index is 12.0. The smallest absolute Gasteiger partial charge is 0.412 e. The van der Waals surface area contributed by atoms with Crippen molar-refractivity contribution in [3.05, 3.63) is 52.4 Å². The third-order valence-electron chi connectivity index (χ3n) is 4.46. The van der Waals surface area contributed by atoms with E-state index in [0.717, 1.165) is 37.0 Å². The van der Waals surface area contributed by atoms with Gasteiger partial charge in [0.15, 0.2) is 0 Å². The van der Waals surface area contributed by atoms with E-state index in [1.54, 1.807) is 6.07 Å². The summed E-state index contributed by atoms with van der Waals surface area (Å²) in [6, 6.07) is 11.7. The molecule has 1 aromatic carbocycles. The van der Waals surface area contributed by atoms with Crippen LogP contribution in [0.5, 0.6) is 0 Å². The van der Waals surface area contributed by atoms with Gasteiger partial charge in [-0.2, -0.15) is 0 Å². The number of amides is 1. The lowest BCUT2D eigenvalue weighted by Crippen LogP contribution is -2.15. The summed E-state index contributed by atoms with van der Waals surface area (Å²) in [5.74, 6) is -1.05. The van der Waals surface area contributed by atoms with Crippen LogP contribution in [0.2, 0.25) is 0 Å². The lowest BCUT2D eigenvalue weighted by Gasteiger charge is -2.06. The Bertz CT molecular complexity index is 742. The lowest BCUT2D eigenvalue weighted by atomic mass is 10.1. The SMILES string of the molecule is CCCCCCCCOC(=O)Nc1sc(CCc2ccccc2)cc1C(=O)O. The summed E-state index contributed by atoms with van der Waals surface area (Å²) in [7, 11) is 0. The van der Waals surface area contributed by atoms with Crippen molar-refractivity contribution in [2.24, 2.45) is 0 Å². The number of aromatic carboxylic acids is 1. The van der Waals surface area contributed by atoms with Crippen molar-refractivity contribution in [3.63, 3.8) is 0 Å². The van der Waals surface area contributed by atoms with Crippen LogP contribution in [0.15, 0.2) is 36.4 Å². The molecule has 0 radical (unpaired) electrons. The molecule has 1 heterocycles. The van der Waals surface area contributed by atoms with Gasteiger partial charge in [0.05, 0.1) is 12.2 Å². The molecule has 0 spiro atoms.